The highest BCUT2D eigenvalue weighted by Crippen LogP contribution is 2.43. The van der Waals surface area contributed by atoms with Crippen molar-refractivity contribution in [2.75, 3.05) is 26.0 Å². The van der Waals surface area contributed by atoms with Crippen LogP contribution in [0.5, 0.6) is 0 Å². The van der Waals surface area contributed by atoms with Crippen molar-refractivity contribution in [3.63, 3.8) is 0 Å². The molecule has 1 saturated heterocycles. The Labute approximate surface area is 203 Å². The number of sulfonamides is 1. The number of carbonyl (C=O) groups excluding carboxylic acids is 1. The van der Waals surface area contributed by atoms with E-state index >= 15 is 0 Å². The van der Waals surface area contributed by atoms with E-state index in [-0.39, 0.29) is 17.6 Å². The summed E-state index contributed by atoms with van der Waals surface area (Å²) < 4.78 is 45.4. The Morgan fingerprint density at radius 3 is 2.64 bits per heavy atom. The van der Waals surface area contributed by atoms with E-state index in [1.807, 2.05) is 16.9 Å². The summed E-state index contributed by atoms with van der Waals surface area (Å²) in [6.45, 7) is 2.46. The second-order valence-electron chi connectivity index (χ2n) is 8.69. The number of nitrogens with zero attached hydrogens (tertiary/aromatic N) is 1. The van der Waals surface area contributed by atoms with Crippen molar-refractivity contribution in [3.05, 3.63) is 68.4 Å². The van der Waals surface area contributed by atoms with E-state index < -0.39 is 21.7 Å². The molecule has 6 nitrogen and oxygen atoms in total. The van der Waals surface area contributed by atoms with Gasteiger partial charge in [-0.3, -0.25) is 9.69 Å². The molecule has 1 heterocycles. The highest BCUT2D eigenvalue weighted by atomic mass is 35.5. The predicted molar refractivity (Wildman–Crippen MR) is 126 cm³/mol. The molecule has 0 unspecified atom stereocenters. The van der Waals surface area contributed by atoms with Crippen LogP contribution in [0.3, 0.4) is 0 Å². The van der Waals surface area contributed by atoms with Crippen molar-refractivity contribution in [3.8, 4) is 0 Å². The van der Waals surface area contributed by atoms with Gasteiger partial charge >= 0.3 is 0 Å². The smallest absolute Gasteiger partial charge is 0.267 e. The maximum Gasteiger partial charge on any atom is 0.267 e. The van der Waals surface area contributed by atoms with Gasteiger partial charge in [0.1, 0.15) is 5.82 Å². The highest BCUT2D eigenvalue weighted by Gasteiger charge is 2.30. The molecule has 0 bridgehead atoms. The number of halogens is 3. The molecule has 1 aliphatic heterocycles. The summed E-state index contributed by atoms with van der Waals surface area (Å²) in [4.78, 5) is 14.5. The molecule has 178 valence electrons. The van der Waals surface area contributed by atoms with Crippen LogP contribution in [0.4, 0.5) is 4.39 Å². The van der Waals surface area contributed by atoms with Gasteiger partial charge in [-0.1, -0.05) is 29.3 Å². The summed E-state index contributed by atoms with van der Waals surface area (Å²) in [6, 6.07) is 8.42. The van der Waals surface area contributed by atoms with Crippen molar-refractivity contribution in [2.45, 2.75) is 37.8 Å². The number of carbonyl (C=O) groups is 1. The molecule has 1 saturated carbocycles. The Bertz CT molecular complexity index is 1170. The Morgan fingerprint density at radius 2 is 1.97 bits per heavy atom. The van der Waals surface area contributed by atoms with Crippen LogP contribution in [-0.2, 0) is 27.7 Å². The van der Waals surface area contributed by atoms with Gasteiger partial charge < -0.3 is 4.74 Å². The number of ether oxygens (including phenoxy) is 1. The van der Waals surface area contributed by atoms with E-state index in [1.54, 1.807) is 6.07 Å². The second-order valence-corrected chi connectivity index (χ2v) is 11.3. The number of rotatable bonds is 7. The maximum atomic E-state index is 14.8. The number of hydrogen-bond acceptors (Lipinski definition) is 5. The van der Waals surface area contributed by atoms with Crippen LogP contribution < -0.4 is 4.72 Å². The molecule has 10 heteroatoms. The lowest BCUT2D eigenvalue weighted by molar-refractivity contribution is -0.0305. The quantitative estimate of drug-likeness (QED) is 0.600. The van der Waals surface area contributed by atoms with Gasteiger partial charge in [0.2, 0.25) is 10.0 Å². The summed E-state index contributed by atoms with van der Waals surface area (Å²) >= 11 is 12.1. The molecule has 1 N–H and O–H groups in total. The third-order valence-corrected chi connectivity index (χ3v) is 7.13. The molecule has 2 aliphatic rings. The van der Waals surface area contributed by atoms with Crippen molar-refractivity contribution >= 4 is 39.1 Å². The number of hydrogen-bond donors (Lipinski definition) is 1. The van der Waals surface area contributed by atoms with Crippen molar-refractivity contribution in [1.82, 2.24) is 9.62 Å². The standard InChI is InChI=1S/C23H25Cl2FN2O4S/c1-33(30,31)27-23(29)19-11-18(15-3-4-15)16(10-22(19)26)12-28-6-7-32-17(13-28)8-14-2-5-20(24)21(25)9-14/h2,5,9-11,15,17H,3-4,6-8,12-13H2,1H3,(H,27,29)/t17-/m1/s1. The predicted octanol–water partition coefficient (Wildman–Crippen LogP) is 4.14. The molecule has 1 amide bonds. The van der Waals surface area contributed by atoms with Crippen LogP contribution in [0.1, 0.15) is 45.8 Å². The Balaban J connectivity index is 1.49. The summed E-state index contributed by atoms with van der Waals surface area (Å²) in [7, 11) is -3.78. The molecule has 0 aromatic heterocycles. The molecule has 0 spiro atoms. The summed E-state index contributed by atoms with van der Waals surface area (Å²) in [6.07, 6.45) is 3.45. The lowest BCUT2D eigenvalue weighted by Crippen LogP contribution is -2.43. The van der Waals surface area contributed by atoms with Crippen molar-refractivity contribution < 1.29 is 22.3 Å². The van der Waals surface area contributed by atoms with E-state index in [4.69, 9.17) is 27.9 Å². The van der Waals surface area contributed by atoms with E-state index in [1.165, 1.54) is 12.1 Å². The first-order valence-electron chi connectivity index (χ1n) is 10.7. The van der Waals surface area contributed by atoms with Crippen LogP contribution in [0.15, 0.2) is 30.3 Å². The van der Waals surface area contributed by atoms with Gasteiger partial charge in [-0.25, -0.2) is 17.5 Å². The number of amides is 1. The first kappa shape index (κ1) is 24.4. The zero-order valence-electron chi connectivity index (χ0n) is 18.1. The average molecular weight is 515 g/mol. The van der Waals surface area contributed by atoms with Crippen molar-refractivity contribution in [2.24, 2.45) is 0 Å². The van der Waals surface area contributed by atoms with Crippen LogP contribution in [0.25, 0.3) is 0 Å². The first-order valence-corrected chi connectivity index (χ1v) is 13.4. The van der Waals surface area contributed by atoms with Gasteiger partial charge in [0.25, 0.3) is 5.91 Å². The summed E-state index contributed by atoms with van der Waals surface area (Å²) in [5.41, 5.74) is 2.51. The molecule has 1 aliphatic carbocycles. The van der Waals surface area contributed by atoms with E-state index in [2.05, 4.69) is 4.90 Å². The Morgan fingerprint density at radius 1 is 1.21 bits per heavy atom. The summed E-state index contributed by atoms with van der Waals surface area (Å²) in [5.74, 6) is -1.41. The molecule has 0 radical (unpaired) electrons. The zero-order chi connectivity index (χ0) is 23.8. The molecule has 2 aromatic carbocycles. The summed E-state index contributed by atoms with van der Waals surface area (Å²) in [5, 5.41) is 1.02. The fourth-order valence-electron chi connectivity index (χ4n) is 4.16. The van der Waals surface area contributed by atoms with Gasteiger partial charge in [-0.2, -0.15) is 0 Å². The van der Waals surface area contributed by atoms with Crippen LogP contribution in [-0.4, -0.2) is 51.3 Å². The van der Waals surface area contributed by atoms with Crippen LogP contribution in [0, 0.1) is 5.82 Å². The van der Waals surface area contributed by atoms with Gasteiger partial charge in [-0.15, -0.1) is 0 Å². The first-order chi connectivity index (χ1) is 15.6. The number of morpholine rings is 1. The SMILES string of the molecule is CS(=O)(=O)NC(=O)c1cc(C2CC2)c(CN2CCO[C@H](Cc3ccc(Cl)c(Cl)c3)C2)cc1F. The molecular formula is C23H25Cl2FN2O4S. The largest absolute Gasteiger partial charge is 0.375 e. The van der Waals surface area contributed by atoms with Crippen molar-refractivity contribution in [1.29, 1.82) is 0 Å². The normalized spacial score (nSPS) is 19.5. The molecule has 4 rings (SSSR count). The van der Waals surface area contributed by atoms with E-state index in [0.717, 1.165) is 35.8 Å². The minimum Gasteiger partial charge on any atom is -0.375 e. The van der Waals surface area contributed by atoms with Gasteiger partial charge in [0, 0.05) is 19.6 Å². The van der Waals surface area contributed by atoms with Crippen LogP contribution in [0.2, 0.25) is 10.0 Å². The monoisotopic (exact) mass is 514 g/mol. The van der Waals surface area contributed by atoms with E-state index in [0.29, 0.717) is 42.7 Å². The molecular weight excluding hydrogens is 490 g/mol. The maximum absolute atomic E-state index is 14.8. The highest BCUT2D eigenvalue weighted by molar-refractivity contribution is 7.89. The fraction of sp³-hybridized carbons (Fsp3) is 0.435. The topological polar surface area (TPSA) is 75.7 Å². The minimum atomic E-state index is -3.78. The number of nitrogens with one attached hydrogen (secondary N) is 1. The average Bonchev–Trinajstić information content (AvgIpc) is 3.55. The molecule has 2 fully saturated rings. The molecule has 33 heavy (non-hydrogen) atoms. The van der Waals surface area contributed by atoms with Gasteiger partial charge in [0.05, 0.1) is 34.6 Å². The Kier molecular flexibility index (Phi) is 7.31. The van der Waals surface area contributed by atoms with E-state index in [9.17, 15) is 17.6 Å². The Hall–Kier alpha value is -1.71. The van der Waals surface area contributed by atoms with Gasteiger partial charge in [0.15, 0.2) is 0 Å². The minimum absolute atomic E-state index is 0.0370. The second kappa shape index (κ2) is 9.88. The lowest BCUT2D eigenvalue weighted by Gasteiger charge is -2.33. The third kappa shape index (κ3) is 6.45. The third-order valence-electron chi connectivity index (χ3n) is 5.83. The molecule has 2 aromatic rings. The fourth-order valence-corrected chi connectivity index (χ4v) is 4.93. The molecule has 1 atom stereocenters. The van der Waals surface area contributed by atoms with Gasteiger partial charge in [-0.05, 0) is 66.1 Å². The lowest BCUT2D eigenvalue weighted by atomic mass is 9.98. The van der Waals surface area contributed by atoms with Crippen LogP contribution >= 0.6 is 23.2 Å². The zero-order valence-corrected chi connectivity index (χ0v) is 20.4. The number of benzene rings is 2.